The summed E-state index contributed by atoms with van der Waals surface area (Å²) in [6.45, 7) is 2.07. The fourth-order valence-corrected chi connectivity index (χ4v) is 2.33. The maximum absolute atomic E-state index is 12.0. The number of amides is 2. The maximum Gasteiger partial charge on any atom is 0.409 e. The molecule has 7 heteroatoms. The van der Waals surface area contributed by atoms with Crippen LogP contribution in [0.4, 0.5) is 4.79 Å². The third-order valence-corrected chi connectivity index (χ3v) is 3.62. The number of rotatable bonds is 4. The van der Waals surface area contributed by atoms with Gasteiger partial charge in [-0.2, -0.15) is 11.8 Å². The molecular weight excluding hydrogens is 254 g/mol. The Hall–Kier alpha value is -0.950. The zero-order valence-electron chi connectivity index (χ0n) is 10.9. The largest absolute Gasteiger partial charge is 0.453 e. The van der Waals surface area contributed by atoms with Crippen LogP contribution in [0.15, 0.2) is 0 Å². The van der Waals surface area contributed by atoms with Crippen molar-refractivity contribution in [2.24, 2.45) is 5.73 Å². The number of carbonyl (C=O) groups excluding carboxylic acids is 2. The Morgan fingerprint density at radius 3 is 2.33 bits per heavy atom. The third kappa shape index (κ3) is 4.06. The normalized spacial score (nSPS) is 17.5. The van der Waals surface area contributed by atoms with Crippen LogP contribution in [-0.4, -0.2) is 73.1 Å². The first-order valence-electron chi connectivity index (χ1n) is 5.96. The van der Waals surface area contributed by atoms with Gasteiger partial charge in [0.1, 0.15) is 0 Å². The van der Waals surface area contributed by atoms with Gasteiger partial charge in [0.15, 0.2) is 0 Å². The second kappa shape index (κ2) is 7.48. The molecule has 2 amide bonds. The third-order valence-electron chi connectivity index (χ3n) is 2.97. The van der Waals surface area contributed by atoms with E-state index in [1.165, 1.54) is 7.11 Å². The van der Waals surface area contributed by atoms with Crippen LogP contribution in [0.1, 0.15) is 6.42 Å². The molecule has 0 saturated carbocycles. The molecule has 0 spiro atoms. The van der Waals surface area contributed by atoms with Crippen LogP contribution in [0.2, 0.25) is 0 Å². The molecule has 1 aliphatic heterocycles. The summed E-state index contributed by atoms with van der Waals surface area (Å²) in [6, 6.07) is -0.429. The van der Waals surface area contributed by atoms with Gasteiger partial charge in [-0.1, -0.05) is 0 Å². The van der Waals surface area contributed by atoms with Crippen molar-refractivity contribution in [2.75, 3.05) is 45.3 Å². The summed E-state index contributed by atoms with van der Waals surface area (Å²) in [5, 5.41) is 0. The Labute approximate surface area is 112 Å². The number of nitrogens with zero attached hydrogens (tertiary/aromatic N) is 2. The second-order valence-corrected chi connectivity index (χ2v) is 5.16. The zero-order valence-corrected chi connectivity index (χ0v) is 11.7. The number of thioether (sulfide) groups is 1. The number of hydrogen-bond donors (Lipinski definition) is 1. The highest BCUT2D eigenvalue weighted by Crippen LogP contribution is 2.07. The highest BCUT2D eigenvalue weighted by molar-refractivity contribution is 7.98. The van der Waals surface area contributed by atoms with Gasteiger partial charge in [-0.3, -0.25) is 4.79 Å². The van der Waals surface area contributed by atoms with Gasteiger partial charge in [0, 0.05) is 26.2 Å². The molecule has 1 atom stereocenters. The summed E-state index contributed by atoms with van der Waals surface area (Å²) < 4.78 is 4.64. The van der Waals surface area contributed by atoms with Crippen molar-refractivity contribution < 1.29 is 14.3 Å². The van der Waals surface area contributed by atoms with Crippen LogP contribution in [0.3, 0.4) is 0 Å². The van der Waals surface area contributed by atoms with Gasteiger partial charge in [0.25, 0.3) is 0 Å². The minimum absolute atomic E-state index is 0.0198. The van der Waals surface area contributed by atoms with Gasteiger partial charge in [0.05, 0.1) is 13.2 Å². The second-order valence-electron chi connectivity index (χ2n) is 4.17. The monoisotopic (exact) mass is 275 g/mol. The van der Waals surface area contributed by atoms with Crippen molar-refractivity contribution in [3.8, 4) is 0 Å². The van der Waals surface area contributed by atoms with E-state index in [4.69, 9.17) is 5.73 Å². The predicted octanol–water partition coefficient (Wildman–Crippen LogP) is -0.0226. The van der Waals surface area contributed by atoms with Crippen molar-refractivity contribution in [3.05, 3.63) is 0 Å². The number of piperazine rings is 1. The van der Waals surface area contributed by atoms with Crippen LogP contribution in [0.25, 0.3) is 0 Å². The van der Waals surface area contributed by atoms with E-state index in [1.807, 2.05) is 6.26 Å². The predicted molar refractivity (Wildman–Crippen MR) is 71.5 cm³/mol. The van der Waals surface area contributed by atoms with Gasteiger partial charge in [-0.25, -0.2) is 4.79 Å². The van der Waals surface area contributed by atoms with Gasteiger partial charge in [-0.15, -0.1) is 0 Å². The maximum atomic E-state index is 12.0. The molecule has 0 bridgehead atoms. The van der Waals surface area contributed by atoms with E-state index >= 15 is 0 Å². The van der Waals surface area contributed by atoms with E-state index in [0.717, 1.165) is 5.75 Å². The van der Waals surface area contributed by atoms with Crippen LogP contribution in [0, 0.1) is 0 Å². The fraction of sp³-hybridized carbons (Fsp3) is 0.818. The quantitative estimate of drug-likeness (QED) is 0.780. The molecule has 0 radical (unpaired) electrons. The van der Waals surface area contributed by atoms with Gasteiger partial charge in [0.2, 0.25) is 5.91 Å². The number of carbonyl (C=O) groups is 2. The molecule has 6 nitrogen and oxygen atoms in total. The molecule has 0 aromatic heterocycles. The SMILES string of the molecule is COC(=O)N1CCN(C(=O)[C@H](N)CCSC)CC1. The minimum Gasteiger partial charge on any atom is -0.453 e. The minimum atomic E-state index is -0.429. The average molecular weight is 275 g/mol. The van der Waals surface area contributed by atoms with Crippen LogP contribution in [-0.2, 0) is 9.53 Å². The molecule has 1 heterocycles. The van der Waals surface area contributed by atoms with Crippen molar-refractivity contribution in [1.82, 2.24) is 9.80 Å². The Kier molecular flexibility index (Phi) is 6.28. The number of nitrogens with two attached hydrogens (primary N) is 1. The zero-order chi connectivity index (χ0) is 13.5. The molecule has 1 fully saturated rings. The highest BCUT2D eigenvalue weighted by Gasteiger charge is 2.27. The van der Waals surface area contributed by atoms with E-state index < -0.39 is 6.04 Å². The highest BCUT2D eigenvalue weighted by atomic mass is 32.2. The topological polar surface area (TPSA) is 75.9 Å². The first-order valence-corrected chi connectivity index (χ1v) is 7.35. The summed E-state index contributed by atoms with van der Waals surface area (Å²) in [5.41, 5.74) is 5.84. The lowest BCUT2D eigenvalue weighted by Gasteiger charge is -2.35. The summed E-state index contributed by atoms with van der Waals surface area (Å²) >= 11 is 1.68. The Morgan fingerprint density at radius 2 is 1.83 bits per heavy atom. The van der Waals surface area contributed by atoms with Crippen LogP contribution < -0.4 is 5.73 Å². The lowest BCUT2D eigenvalue weighted by atomic mass is 10.2. The standard InChI is InChI=1S/C11H21N3O3S/c1-17-11(16)14-6-4-13(5-7-14)10(15)9(12)3-8-18-2/h9H,3-8,12H2,1-2H3/t9-/m1/s1. The van der Waals surface area contributed by atoms with E-state index in [1.54, 1.807) is 21.6 Å². The average Bonchev–Trinajstić information content (AvgIpc) is 2.43. The molecule has 1 rings (SSSR count). The summed E-state index contributed by atoms with van der Waals surface area (Å²) in [4.78, 5) is 26.6. The Morgan fingerprint density at radius 1 is 1.28 bits per heavy atom. The van der Waals surface area contributed by atoms with E-state index in [9.17, 15) is 9.59 Å². The molecule has 0 aromatic rings. The lowest BCUT2D eigenvalue weighted by Crippen LogP contribution is -2.54. The Bertz CT molecular complexity index is 293. The van der Waals surface area contributed by atoms with Gasteiger partial charge >= 0.3 is 6.09 Å². The summed E-state index contributed by atoms with van der Waals surface area (Å²) in [6.07, 6.45) is 2.34. The Balaban J connectivity index is 2.37. The first kappa shape index (κ1) is 15.1. The number of hydrogen-bond acceptors (Lipinski definition) is 5. The molecule has 2 N–H and O–H groups in total. The molecule has 0 aromatic carbocycles. The first-order chi connectivity index (χ1) is 8.60. The smallest absolute Gasteiger partial charge is 0.409 e. The molecule has 0 unspecified atom stereocenters. The van der Waals surface area contributed by atoms with Gasteiger partial charge < -0.3 is 20.3 Å². The molecule has 1 aliphatic rings. The molecule has 1 saturated heterocycles. The van der Waals surface area contributed by atoms with Crippen molar-refractivity contribution >= 4 is 23.8 Å². The van der Waals surface area contributed by atoms with Gasteiger partial charge in [-0.05, 0) is 18.4 Å². The van der Waals surface area contributed by atoms with Crippen molar-refractivity contribution in [1.29, 1.82) is 0 Å². The molecular formula is C11H21N3O3S. The summed E-state index contributed by atoms with van der Waals surface area (Å²) in [5.74, 6) is 0.864. The number of methoxy groups -OCH3 is 1. The van der Waals surface area contributed by atoms with Crippen LogP contribution >= 0.6 is 11.8 Å². The lowest BCUT2D eigenvalue weighted by molar-refractivity contribution is -0.134. The van der Waals surface area contributed by atoms with Crippen molar-refractivity contribution in [3.63, 3.8) is 0 Å². The fourth-order valence-electron chi connectivity index (χ4n) is 1.84. The molecule has 104 valence electrons. The summed E-state index contributed by atoms with van der Waals surface area (Å²) in [7, 11) is 1.36. The van der Waals surface area contributed by atoms with E-state index in [2.05, 4.69) is 4.74 Å². The molecule has 0 aliphatic carbocycles. The number of ether oxygens (including phenoxy) is 1. The van der Waals surface area contributed by atoms with E-state index in [-0.39, 0.29) is 12.0 Å². The van der Waals surface area contributed by atoms with Crippen molar-refractivity contribution in [2.45, 2.75) is 12.5 Å². The molecule has 18 heavy (non-hydrogen) atoms. The van der Waals surface area contributed by atoms with E-state index in [0.29, 0.717) is 32.6 Å². The van der Waals surface area contributed by atoms with Crippen LogP contribution in [0.5, 0.6) is 0 Å².